The van der Waals surface area contributed by atoms with Gasteiger partial charge in [-0.1, -0.05) is 35.9 Å². The normalized spacial score (nSPS) is 11.4. The highest BCUT2D eigenvalue weighted by Crippen LogP contribution is 2.21. The summed E-state index contributed by atoms with van der Waals surface area (Å²) in [5.74, 6) is -0.842. The topological polar surface area (TPSA) is 49.3 Å². The molecule has 0 saturated carbocycles. The summed E-state index contributed by atoms with van der Waals surface area (Å²) in [4.78, 5) is 10.8. The molecule has 0 heterocycles. The van der Waals surface area contributed by atoms with Crippen LogP contribution in [0.5, 0.6) is 0 Å². The van der Waals surface area contributed by atoms with Crippen molar-refractivity contribution in [1.82, 2.24) is 0 Å². The smallest absolute Gasteiger partial charge is 0.331 e. The molecule has 1 aromatic carbocycles. The van der Waals surface area contributed by atoms with E-state index in [1.165, 1.54) is 5.56 Å². The van der Waals surface area contributed by atoms with E-state index in [0.717, 1.165) is 16.6 Å². The largest absolute Gasteiger partial charge is 0.478 e. The number of benzene rings is 1. The van der Waals surface area contributed by atoms with Crippen LogP contribution in [0.2, 0.25) is 0 Å². The number of aliphatic carboxylic acids is 1. The van der Waals surface area contributed by atoms with Crippen LogP contribution in [0.1, 0.15) is 25.8 Å². The Morgan fingerprint density at radius 3 is 2.72 bits per heavy atom. The summed E-state index contributed by atoms with van der Waals surface area (Å²) in [7, 11) is 0. The monoisotopic (exact) mass is 311 g/mol. The van der Waals surface area contributed by atoms with Crippen LogP contribution >= 0.6 is 15.9 Å². The second-order valence-electron chi connectivity index (χ2n) is 3.92. The highest BCUT2D eigenvalue weighted by atomic mass is 79.9. The number of nitrogens with one attached hydrogen (secondary N) is 1. The van der Waals surface area contributed by atoms with E-state index in [1.54, 1.807) is 6.08 Å². The van der Waals surface area contributed by atoms with E-state index in [2.05, 4.69) is 34.2 Å². The van der Waals surface area contributed by atoms with E-state index in [4.69, 9.17) is 5.11 Å². The average Bonchev–Trinajstić information content (AvgIpc) is 2.35. The molecule has 3 nitrogen and oxygen atoms in total. The van der Waals surface area contributed by atoms with Crippen molar-refractivity contribution >= 4 is 27.6 Å². The lowest BCUT2D eigenvalue weighted by atomic mass is 10.1. The first kappa shape index (κ1) is 14.8. The fourth-order valence-electron chi connectivity index (χ4n) is 1.69. The zero-order valence-corrected chi connectivity index (χ0v) is 12.3. The maximum Gasteiger partial charge on any atom is 0.331 e. The van der Waals surface area contributed by atoms with Crippen molar-refractivity contribution in [1.29, 1.82) is 0 Å². The van der Waals surface area contributed by atoms with E-state index < -0.39 is 5.97 Å². The molecule has 0 amide bonds. The number of halogens is 1. The number of carboxylic acid groups (broad SMARTS) is 1. The summed E-state index contributed by atoms with van der Waals surface area (Å²) in [5.41, 5.74) is 2.71. The Morgan fingerprint density at radius 2 is 2.17 bits per heavy atom. The first-order valence-corrected chi connectivity index (χ1v) is 6.82. The molecular weight excluding hydrogens is 294 g/mol. The highest BCUT2D eigenvalue weighted by molar-refractivity contribution is 9.10. The summed E-state index contributed by atoms with van der Waals surface area (Å²) < 4.78 is 1.06. The predicted octanol–water partition coefficient (Wildman–Crippen LogP) is 3.84. The summed E-state index contributed by atoms with van der Waals surface area (Å²) >= 11 is 3.44. The molecule has 18 heavy (non-hydrogen) atoms. The molecule has 0 fully saturated rings. The van der Waals surface area contributed by atoms with Gasteiger partial charge in [-0.2, -0.15) is 0 Å². The summed E-state index contributed by atoms with van der Waals surface area (Å²) in [6.45, 7) is 4.47. The Hall–Kier alpha value is -1.29. The summed E-state index contributed by atoms with van der Waals surface area (Å²) in [6.07, 6.45) is 3.20. The first-order valence-electron chi connectivity index (χ1n) is 6.03. The maximum atomic E-state index is 10.8. The zero-order valence-electron chi connectivity index (χ0n) is 10.7. The van der Waals surface area contributed by atoms with Crippen molar-refractivity contribution in [3.05, 3.63) is 39.9 Å². The SMILES string of the molecule is CC/C(=C/CNc1ccc(Br)cc1CC)C(=O)O. The van der Waals surface area contributed by atoms with Gasteiger partial charge in [0.25, 0.3) is 0 Å². The van der Waals surface area contributed by atoms with Gasteiger partial charge in [0, 0.05) is 22.3 Å². The number of rotatable bonds is 6. The maximum absolute atomic E-state index is 10.8. The standard InChI is InChI=1S/C14H18BrNO2/c1-3-10(14(17)18)7-8-16-13-6-5-12(15)9-11(13)4-2/h5-7,9,16H,3-4,8H2,1-2H3,(H,17,18)/b10-7-. The molecule has 0 unspecified atom stereocenters. The fourth-order valence-corrected chi connectivity index (χ4v) is 2.10. The number of hydrogen-bond acceptors (Lipinski definition) is 2. The molecule has 0 aromatic heterocycles. The Balaban J connectivity index is 2.72. The van der Waals surface area contributed by atoms with Gasteiger partial charge in [0.15, 0.2) is 0 Å². The van der Waals surface area contributed by atoms with Gasteiger partial charge >= 0.3 is 5.97 Å². The second kappa shape index (κ2) is 7.21. The molecule has 1 aromatic rings. The molecule has 0 aliphatic rings. The van der Waals surface area contributed by atoms with E-state index >= 15 is 0 Å². The van der Waals surface area contributed by atoms with E-state index in [1.807, 2.05) is 19.1 Å². The van der Waals surface area contributed by atoms with Crippen molar-refractivity contribution in [3.63, 3.8) is 0 Å². The van der Waals surface area contributed by atoms with Crippen LogP contribution in [0.3, 0.4) is 0 Å². The summed E-state index contributed by atoms with van der Waals surface area (Å²) in [6, 6.07) is 6.05. The molecule has 0 atom stereocenters. The predicted molar refractivity (Wildman–Crippen MR) is 78.0 cm³/mol. The number of hydrogen-bond donors (Lipinski definition) is 2. The number of aryl methyl sites for hydroxylation is 1. The minimum atomic E-state index is -0.842. The zero-order chi connectivity index (χ0) is 13.5. The molecule has 0 saturated heterocycles. The van der Waals surface area contributed by atoms with Crippen LogP contribution in [-0.4, -0.2) is 17.6 Å². The van der Waals surface area contributed by atoms with Gasteiger partial charge in [-0.3, -0.25) is 0 Å². The second-order valence-corrected chi connectivity index (χ2v) is 4.84. The van der Waals surface area contributed by atoms with Crippen molar-refractivity contribution in [2.75, 3.05) is 11.9 Å². The first-order chi connectivity index (χ1) is 8.58. The van der Waals surface area contributed by atoms with Gasteiger partial charge < -0.3 is 10.4 Å². The van der Waals surface area contributed by atoms with E-state index in [0.29, 0.717) is 18.5 Å². The van der Waals surface area contributed by atoms with Crippen molar-refractivity contribution in [2.45, 2.75) is 26.7 Å². The van der Waals surface area contributed by atoms with E-state index in [9.17, 15) is 4.79 Å². The van der Waals surface area contributed by atoms with Gasteiger partial charge in [-0.25, -0.2) is 4.79 Å². The van der Waals surface area contributed by atoms with Gasteiger partial charge in [0.05, 0.1) is 0 Å². The quantitative estimate of drug-likeness (QED) is 0.785. The lowest BCUT2D eigenvalue weighted by Gasteiger charge is -2.10. The minimum absolute atomic E-state index is 0.442. The Kier molecular flexibility index (Phi) is 5.92. The van der Waals surface area contributed by atoms with Crippen molar-refractivity contribution < 1.29 is 9.90 Å². The molecule has 0 aliphatic heterocycles. The Labute approximate surface area is 116 Å². The number of anilines is 1. The molecule has 1 rings (SSSR count). The Morgan fingerprint density at radius 1 is 1.44 bits per heavy atom. The molecule has 0 spiro atoms. The van der Waals surface area contributed by atoms with Gasteiger partial charge in [-0.15, -0.1) is 0 Å². The number of carbonyl (C=O) groups is 1. The van der Waals surface area contributed by atoms with Crippen molar-refractivity contribution in [2.24, 2.45) is 0 Å². The third kappa shape index (κ3) is 4.18. The van der Waals surface area contributed by atoms with Gasteiger partial charge in [0.2, 0.25) is 0 Å². The van der Waals surface area contributed by atoms with Crippen LogP contribution in [0.15, 0.2) is 34.3 Å². The van der Waals surface area contributed by atoms with Gasteiger partial charge in [-0.05, 0) is 36.6 Å². The molecule has 2 N–H and O–H groups in total. The third-order valence-corrected chi connectivity index (χ3v) is 3.24. The summed E-state index contributed by atoms with van der Waals surface area (Å²) in [5, 5.41) is 12.2. The molecular formula is C14H18BrNO2. The van der Waals surface area contributed by atoms with Gasteiger partial charge in [0.1, 0.15) is 0 Å². The van der Waals surface area contributed by atoms with Crippen LogP contribution < -0.4 is 5.32 Å². The molecule has 0 bridgehead atoms. The lowest BCUT2D eigenvalue weighted by molar-refractivity contribution is -0.132. The molecule has 0 radical (unpaired) electrons. The average molecular weight is 312 g/mol. The molecule has 4 heteroatoms. The Bertz CT molecular complexity index is 455. The lowest BCUT2D eigenvalue weighted by Crippen LogP contribution is -2.06. The third-order valence-electron chi connectivity index (χ3n) is 2.74. The highest BCUT2D eigenvalue weighted by Gasteiger charge is 2.04. The molecule has 98 valence electrons. The molecule has 0 aliphatic carbocycles. The fraction of sp³-hybridized carbons (Fsp3) is 0.357. The van der Waals surface area contributed by atoms with Crippen LogP contribution in [-0.2, 0) is 11.2 Å². The van der Waals surface area contributed by atoms with Crippen LogP contribution in [0, 0.1) is 0 Å². The van der Waals surface area contributed by atoms with E-state index in [-0.39, 0.29) is 0 Å². The van der Waals surface area contributed by atoms with Crippen LogP contribution in [0.4, 0.5) is 5.69 Å². The van der Waals surface area contributed by atoms with Crippen LogP contribution in [0.25, 0.3) is 0 Å². The minimum Gasteiger partial charge on any atom is -0.478 e. The van der Waals surface area contributed by atoms with Crippen molar-refractivity contribution in [3.8, 4) is 0 Å². The number of carboxylic acids is 1.